The highest BCUT2D eigenvalue weighted by molar-refractivity contribution is 5.78. The average molecular weight is 435 g/mol. The molecule has 1 aromatic carbocycles. The molecule has 6 nitrogen and oxygen atoms in total. The fourth-order valence-corrected chi connectivity index (χ4v) is 4.19. The molecule has 0 aliphatic carbocycles. The first-order chi connectivity index (χ1) is 14.7. The van der Waals surface area contributed by atoms with Crippen molar-refractivity contribution in [2.24, 2.45) is 5.92 Å². The van der Waals surface area contributed by atoms with Gasteiger partial charge in [0.15, 0.2) is 5.69 Å². The fraction of sp³-hybridized carbons (Fsp3) is 0.476. The Balaban J connectivity index is 1.55. The van der Waals surface area contributed by atoms with Gasteiger partial charge in [0.25, 0.3) is 0 Å². The summed E-state index contributed by atoms with van der Waals surface area (Å²) in [6.07, 6.45) is -3.81. The largest absolute Gasteiger partial charge is 0.435 e. The van der Waals surface area contributed by atoms with Crippen molar-refractivity contribution in [3.05, 3.63) is 52.6 Å². The van der Waals surface area contributed by atoms with Gasteiger partial charge >= 0.3 is 6.18 Å². The number of likely N-dealkylation sites (tertiary alicyclic amines) is 1. The van der Waals surface area contributed by atoms with Crippen molar-refractivity contribution in [2.75, 3.05) is 26.2 Å². The van der Waals surface area contributed by atoms with Crippen molar-refractivity contribution in [3.8, 4) is 6.07 Å². The zero-order valence-electron chi connectivity index (χ0n) is 16.7. The summed E-state index contributed by atoms with van der Waals surface area (Å²) in [5, 5.41) is 12.8. The second kappa shape index (κ2) is 8.30. The lowest BCUT2D eigenvalue weighted by molar-refractivity contribution is -0.142. The molecular formula is C21H21F4N5O. The van der Waals surface area contributed by atoms with E-state index in [4.69, 9.17) is 5.26 Å². The van der Waals surface area contributed by atoms with Crippen molar-refractivity contribution in [3.63, 3.8) is 0 Å². The van der Waals surface area contributed by atoms with Crippen LogP contribution >= 0.6 is 0 Å². The van der Waals surface area contributed by atoms with Gasteiger partial charge in [0.05, 0.1) is 37.3 Å². The smallest absolute Gasteiger partial charge is 0.335 e. The van der Waals surface area contributed by atoms with Gasteiger partial charge < -0.3 is 4.90 Å². The Bertz CT molecular complexity index is 1010. The number of rotatable bonds is 4. The molecule has 164 valence electrons. The van der Waals surface area contributed by atoms with E-state index in [1.165, 1.54) is 28.9 Å². The third kappa shape index (κ3) is 4.56. The molecule has 0 saturated carbocycles. The molecule has 0 bridgehead atoms. The van der Waals surface area contributed by atoms with Crippen molar-refractivity contribution in [2.45, 2.75) is 32.1 Å². The Kier molecular flexibility index (Phi) is 5.71. The molecule has 2 aromatic rings. The summed E-state index contributed by atoms with van der Waals surface area (Å²) in [4.78, 5) is 16.2. The number of benzene rings is 1. The lowest BCUT2D eigenvalue weighted by Crippen LogP contribution is -2.42. The molecule has 10 heteroatoms. The number of carbonyl (C=O) groups excluding carboxylic acids is 1. The molecule has 31 heavy (non-hydrogen) atoms. The number of amides is 1. The first-order valence-corrected chi connectivity index (χ1v) is 10.0. The number of nitrogens with zero attached hydrogens (tertiary/aromatic N) is 5. The van der Waals surface area contributed by atoms with E-state index in [0.717, 1.165) is 0 Å². The molecule has 0 spiro atoms. The summed E-state index contributed by atoms with van der Waals surface area (Å²) in [7, 11) is 0. The first-order valence-electron chi connectivity index (χ1n) is 10.0. The van der Waals surface area contributed by atoms with Crippen molar-refractivity contribution < 1.29 is 22.4 Å². The highest BCUT2D eigenvalue weighted by Crippen LogP contribution is 2.35. The summed E-state index contributed by atoms with van der Waals surface area (Å²) >= 11 is 0. The van der Waals surface area contributed by atoms with Crippen LogP contribution in [0.1, 0.15) is 28.9 Å². The summed E-state index contributed by atoms with van der Waals surface area (Å²) in [6.45, 7) is 1.61. The minimum atomic E-state index is -4.59. The van der Waals surface area contributed by atoms with Crippen molar-refractivity contribution in [1.82, 2.24) is 19.6 Å². The van der Waals surface area contributed by atoms with Gasteiger partial charge in [-0.25, -0.2) is 4.39 Å². The van der Waals surface area contributed by atoms with E-state index in [2.05, 4.69) is 11.2 Å². The first kappa shape index (κ1) is 21.3. The van der Waals surface area contributed by atoms with Crippen LogP contribution in [0.15, 0.2) is 24.3 Å². The molecule has 1 aromatic heterocycles. The zero-order chi connectivity index (χ0) is 22.2. The van der Waals surface area contributed by atoms with Gasteiger partial charge in [0.1, 0.15) is 5.82 Å². The zero-order valence-corrected chi connectivity index (χ0v) is 16.7. The number of carbonyl (C=O) groups is 1. The SMILES string of the molecule is N#CC1CCN(CC(=O)N2CCc3c(C(F)(F)F)nn(Cc4ccc(F)cc4)c3C2)C1. The predicted molar refractivity (Wildman–Crippen MR) is 102 cm³/mol. The van der Waals surface area contributed by atoms with E-state index in [1.807, 2.05) is 4.90 Å². The summed E-state index contributed by atoms with van der Waals surface area (Å²) in [5.41, 5.74) is 0.161. The Morgan fingerprint density at radius 3 is 2.61 bits per heavy atom. The molecule has 1 fully saturated rings. The van der Waals surface area contributed by atoms with Gasteiger partial charge in [0, 0.05) is 25.2 Å². The van der Waals surface area contributed by atoms with E-state index in [0.29, 0.717) is 30.8 Å². The van der Waals surface area contributed by atoms with Gasteiger partial charge in [-0.3, -0.25) is 14.4 Å². The van der Waals surface area contributed by atoms with Crippen LogP contribution in [0.3, 0.4) is 0 Å². The normalized spacial score (nSPS) is 19.3. The summed E-state index contributed by atoms with van der Waals surface area (Å²) in [5.74, 6) is -0.695. The lowest BCUT2D eigenvalue weighted by Gasteiger charge is -2.29. The molecule has 1 amide bonds. The van der Waals surface area contributed by atoms with Crippen LogP contribution in [0.25, 0.3) is 0 Å². The number of nitriles is 1. The Labute approximate surface area is 176 Å². The number of hydrogen-bond donors (Lipinski definition) is 0. The van der Waals surface area contributed by atoms with Crippen molar-refractivity contribution in [1.29, 1.82) is 5.26 Å². The van der Waals surface area contributed by atoms with Gasteiger partial charge in [0.2, 0.25) is 5.91 Å². The second-order valence-corrected chi connectivity index (χ2v) is 7.97. The van der Waals surface area contributed by atoms with Crippen LogP contribution in [0.2, 0.25) is 0 Å². The molecule has 1 saturated heterocycles. The third-order valence-electron chi connectivity index (χ3n) is 5.82. The predicted octanol–water partition coefficient (Wildman–Crippen LogP) is 2.82. The van der Waals surface area contributed by atoms with Crippen LogP contribution in [-0.4, -0.2) is 51.7 Å². The quantitative estimate of drug-likeness (QED) is 0.693. The van der Waals surface area contributed by atoms with E-state index in [-0.39, 0.29) is 50.0 Å². The Hall–Kier alpha value is -2.93. The molecule has 2 aliphatic rings. The topological polar surface area (TPSA) is 65.2 Å². The van der Waals surface area contributed by atoms with Crippen molar-refractivity contribution >= 4 is 5.91 Å². The molecule has 3 heterocycles. The Morgan fingerprint density at radius 1 is 1.23 bits per heavy atom. The van der Waals surface area contributed by atoms with E-state index >= 15 is 0 Å². The molecule has 4 rings (SSSR count). The maximum atomic E-state index is 13.5. The monoisotopic (exact) mass is 435 g/mol. The summed E-state index contributed by atoms with van der Waals surface area (Å²) in [6, 6.07) is 7.70. The molecule has 0 N–H and O–H groups in total. The molecular weight excluding hydrogens is 414 g/mol. The van der Waals surface area contributed by atoms with E-state index in [9.17, 15) is 22.4 Å². The maximum Gasteiger partial charge on any atom is 0.435 e. The third-order valence-corrected chi connectivity index (χ3v) is 5.82. The highest BCUT2D eigenvalue weighted by atomic mass is 19.4. The Morgan fingerprint density at radius 2 is 1.97 bits per heavy atom. The maximum absolute atomic E-state index is 13.5. The minimum Gasteiger partial charge on any atom is -0.335 e. The fourth-order valence-electron chi connectivity index (χ4n) is 4.19. The van der Waals surface area contributed by atoms with Gasteiger partial charge in [-0.2, -0.15) is 23.5 Å². The number of alkyl halides is 3. The molecule has 2 aliphatic heterocycles. The number of fused-ring (bicyclic) bond motifs is 1. The van der Waals surface area contributed by atoms with Crippen LogP contribution in [0.4, 0.5) is 17.6 Å². The molecule has 0 radical (unpaired) electrons. The van der Waals surface area contributed by atoms with Crippen LogP contribution in [-0.2, 0) is 30.5 Å². The molecule has 1 atom stereocenters. The van der Waals surface area contributed by atoms with Crippen LogP contribution in [0, 0.1) is 23.1 Å². The number of hydrogen-bond acceptors (Lipinski definition) is 4. The second-order valence-electron chi connectivity index (χ2n) is 7.97. The minimum absolute atomic E-state index is 0.0357. The van der Waals surface area contributed by atoms with Gasteiger partial charge in [-0.1, -0.05) is 12.1 Å². The van der Waals surface area contributed by atoms with Gasteiger partial charge in [-0.05, 0) is 30.5 Å². The number of halogens is 4. The van der Waals surface area contributed by atoms with Crippen LogP contribution < -0.4 is 0 Å². The summed E-state index contributed by atoms with van der Waals surface area (Å²) < 4.78 is 55.1. The average Bonchev–Trinajstić information content (AvgIpc) is 3.33. The number of aromatic nitrogens is 2. The van der Waals surface area contributed by atoms with Crippen LogP contribution in [0.5, 0.6) is 0 Å². The standard InChI is InChI=1S/C21H21F4N5O/c22-16-3-1-14(2-4-16)11-30-18-12-29(8-6-17(18)20(27-30)21(23,24)25)19(31)13-28-7-5-15(9-26)10-28/h1-4,15H,5-8,10-13H2. The molecule has 1 unspecified atom stereocenters. The van der Waals surface area contributed by atoms with Gasteiger partial charge in [-0.15, -0.1) is 0 Å². The lowest BCUT2D eigenvalue weighted by atomic mass is 10.0. The highest BCUT2D eigenvalue weighted by Gasteiger charge is 2.41. The van der Waals surface area contributed by atoms with E-state index in [1.54, 1.807) is 4.90 Å². The van der Waals surface area contributed by atoms with E-state index < -0.39 is 17.7 Å².